The summed E-state index contributed by atoms with van der Waals surface area (Å²) in [4.78, 5) is 34.7. The second-order valence-corrected chi connectivity index (χ2v) is 9.85. The summed E-state index contributed by atoms with van der Waals surface area (Å²) in [6.07, 6.45) is 7.36. The number of carbonyl (C=O) groups is 2. The lowest BCUT2D eigenvalue weighted by Crippen LogP contribution is -2.52. The van der Waals surface area contributed by atoms with E-state index in [2.05, 4.69) is 23.9 Å². The highest BCUT2D eigenvalue weighted by Gasteiger charge is 2.61. The maximum atomic E-state index is 14.7. The molecule has 0 unspecified atom stereocenters. The number of halogens is 1. The molecule has 0 aromatic carbocycles. The zero-order valence-electron chi connectivity index (χ0n) is 18.7. The summed E-state index contributed by atoms with van der Waals surface area (Å²) in [5.74, 6) is -0.608. The summed E-state index contributed by atoms with van der Waals surface area (Å²) >= 11 is 0. The van der Waals surface area contributed by atoms with E-state index in [1.165, 1.54) is 0 Å². The van der Waals surface area contributed by atoms with E-state index in [-0.39, 0.29) is 37.3 Å². The van der Waals surface area contributed by atoms with Gasteiger partial charge in [-0.1, -0.05) is 6.07 Å². The molecule has 7 nitrogen and oxygen atoms in total. The lowest BCUT2D eigenvalue weighted by Gasteiger charge is -2.42. The van der Waals surface area contributed by atoms with Crippen LogP contribution in [0.1, 0.15) is 62.7 Å². The highest BCUT2D eigenvalue weighted by Crippen LogP contribution is 2.52. The van der Waals surface area contributed by atoms with E-state index in [1.807, 2.05) is 27.8 Å². The van der Waals surface area contributed by atoms with E-state index in [4.69, 9.17) is 0 Å². The van der Waals surface area contributed by atoms with Gasteiger partial charge in [-0.3, -0.25) is 19.3 Å². The maximum absolute atomic E-state index is 14.7. The van der Waals surface area contributed by atoms with Crippen molar-refractivity contribution in [1.29, 1.82) is 0 Å². The first-order valence-electron chi connectivity index (χ1n) is 11.5. The van der Waals surface area contributed by atoms with Gasteiger partial charge in [-0.05, 0) is 57.2 Å². The van der Waals surface area contributed by atoms with Crippen LogP contribution in [0.5, 0.6) is 0 Å². The Morgan fingerprint density at radius 2 is 2.06 bits per heavy atom. The van der Waals surface area contributed by atoms with Crippen molar-refractivity contribution >= 4 is 11.8 Å². The Hall–Kier alpha value is -2.77. The average Bonchev–Trinajstić information content (AvgIpc) is 3.20. The first-order chi connectivity index (χ1) is 15.3. The SMILES string of the molecule is CC(C)n1nccc1[C@H]1CN(C(=O)C2(F)CC2)C[C@@]12CCCN(Cc1cccnc1)C2=O. The summed E-state index contributed by atoms with van der Waals surface area (Å²) < 4.78 is 16.7. The molecule has 2 amide bonds. The van der Waals surface area contributed by atoms with Crippen LogP contribution in [0, 0.1) is 5.41 Å². The van der Waals surface area contributed by atoms with Crippen LogP contribution >= 0.6 is 0 Å². The molecule has 170 valence electrons. The van der Waals surface area contributed by atoms with Crippen molar-refractivity contribution in [2.45, 2.75) is 63.7 Å². The number of hydrogen-bond acceptors (Lipinski definition) is 4. The van der Waals surface area contributed by atoms with Gasteiger partial charge in [0.2, 0.25) is 5.91 Å². The van der Waals surface area contributed by atoms with Crippen molar-refractivity contribution in [1.82, 2.24) is 24.6 Å². The van der Waals surface area contributed by atoms with Crippen LogP contribution < -0.4 is 0 Å². The third-order valence-corrected chi connectivity index (χ3v) is 7.31. The second-order valence-electron chi connectivity index (χ2n) is 9.85. The van der Waals surface area contributed by atoms with Gasteiger partial charge in [-0.15, -0.1) is 0 Å². The molecule has 0 radical (unpaired) electrons. The largest absolute Gasteiger partial charge is 0.338 e. The summed E-state index contributed by atoms with van der Waals surface area (Å²) in [6, 6.07) is 5.92. The molecule has 3 fully saturated rings. The molecule has 8 heteroatoms. The predicted molar refractivity (Wildman–Crippen MR) is 116 cm³/mol. The number of nitrogens with zero attached hydrogens (tertiary/aromatic N) is 5. The van der Waals surface area contributed by atoms with Crippen LogP contribution in [-0.2, 0) is 16.1 Å². The van der Waals surface area contributed by atoms with Crippen molar-refractivity contribution in [3.8, 4) is 0 Å². The number of likely N-dealkylation sites (tertiary alicyclic amines) is 2. The van der Waals surface area contributed by atoms with Gasteiger partial charge in [-0.2, -0.15) is 5.10 Å². The number of amides is 2. The van der Waals surface area contributed by atoms with Gasteiger partial charge < -0.3 is 9.80 Å². The topological polar surface area (TPSA) is 71.3 Å². The molecular formula is C24H30FN5O2. The Morgan fingerprint density at radius 1 is 1.25 bits per heavy atom. The molecule has 2 atom stereocenters. The van der Waals surface area contributed by atoms with Crippen LogP contribution in [0.2, 0.25) is 0 Å². The Balaban J connectivity index is 1.51. The molecule has 1 aliphatic carbocycles. The molecule has 2 saturated heterocycles. The highest BCUT2D eigenvalue weighted by molar-refractivity contribution is 5.91. The molecule has 5 rings (SSSR count). The van der Waals surface area contributed by atoms with E-state index >= 15 is 0 Å². The van der Waals surface area contributed by atoms with Crippen LogP contribution in [-0.4, -0.2) is 61.7 Å². The number of pyridine rings is 1. The first-order valence-corrected chi connectivity index (χ1v) is 11.5. The lowest BCUT2D eigenvalue weighted by molar-refractivity contribution is -0.148. The first kappa shape index (κ1) is 21.1. The van der Waals surface area contributed by atoms with Crippen molar-refractivity contribution in [3.05, 3.63) is 48.0 Å². The fraction of sp³-hybridized carbons (Fsp3) is 0.583. The number of carbonyl (C=O) groups excluding carboxylic acids is 2. The Morgan fingerprint density at radius 3 is 2.75 bits per heavy atom. The van der Waals surface area contributed by atoms with E-state index in [0.29, 0.717) is 26.1 Å². The monoisotopic (exact) mass is 439 g/mol. The van der Waals surface area contributed by atoms with Gasteiger partial charge in [0.15, 0.2) is 5.67 Å². The van der Waals surface area contributed by atoms with Gasteiger partial charge in [0.25, 0.3) is 5.91 Å². The van der Waals surface area contributed by atoms with E-state index in [9.17, 15) is 14.0 Å². The number of hydrogen-bond donors (Lipinski definition) is 0. The number of alkyl halides is 1. The van der Waals surface area contributed by atoms with Gasteiger partial charge in [0.05, 0.1) is 5.41 Å². The Kier molecular flexibility index (Phi) is 5.06. The van der Waals surface area contributed by atoms with E-state index in [1.54, 1.807) is 23.5 Å². The minimum absolute atomic E-state index is 0.0492. The molecule has 4 heterocycles. The van der Waals surface area contributed by atoms with E-state index < -0.39 is 17.0 Å². The van der Waals surface area contributed by atoms with Crippen LogP contribution in [0.3, 0.4) is 0 Å². The van der Waals surface area contributed by atoms with Gasteiger partial charge in [0.1, 0.15) is 0 Å². The quantitative estimate of drug-likeness (QED) is 0.718. The van der Waals surface area contributed by atoms with Gasteiger partial charge >= 0.3 is 0 Å². The number of piperidine rings is 1. The summed E-state index contributed by atoms with van der Waals surface area (Å²) in [7, 11) is 0. The Labute approximate surface area is 187 Å². The van der Waals surface area contributed by atoms with E-state index in [0.717, 1.165) is 17.7 Å². The van der Waals surface area contributed by atoms with Crippen LogP contribution in [0.15, 0.2) is 36.8 Å². The molecule has 2 aliphatic heterocycles. The molecule has 2 aromatic heterocycles. The summed E-state index contributed by atoms with van der Waals surface area (Å²) in [5.41, 5.74) is -0.556. The van der Waals surface area contributed by atoms with Crippen molar-refractivity contribution in [3.63, 3.8) is 0 Å². The van der Waals surface area contributed by atoms with Crippen molar-refractivity contribution in [2.24, 2.45) is 5.41 Å². The molecule has 32 heavy (non-hydrogen) atoms. The van der Waals surface area contributed by atoms with Gasteiger partial charge in [0, 0.05) is 62.4 Å². The highest BCUT2D eigenvalue weighted by atomic mass is 19.1. The Bertz CT molecular complexity index is 1020. The second kappa shape index (κ2) is 7.67. The minimum atomic E-state index is -1.73. The molecule has 2 aromatic rings. The summed E-state index contributed by atoms with van der Waals surface area (Å²) in [5, 5.41) is 4.49. The smallest absolute Gasteiger partial charge is 0.260 e. The van der Waals surface area contributed by atoms with Gasteiger partial charge in [-0.25, -0.2) is 4.39 Å². The molecule has 0 N–H and O–H groups in total. The average molecular weight is 440 g/mol. The molecule has 0 bridgehead atoms. The fourth-order valence-electron chi connectivity index (χ4n) is 5.52. The molecular weight excluding hydrogens is 409 g/mol. The number of aromatic nitrogens is 3. The van der Waals surface area contributed by atoms with Crippen molar-refractivity contribution < 1.29 is 14.0 Å². The minimum Gasteiger partial charge on any atom is -0.338 e. The molecule has 1 saturated carbocycles. The zero-order chi connectivity index (χ0) is 22.5. The maximum Gasteiger partial charge on any atom is 0.260 e. The zero-order valence-corrected chi connectivity index (χ0v) is 18.7. The number of rotatable bonds is 5. The summed E-state index contributed by atoms with van der Waals surface area (Å²) in [6.45, 7) is 5.90. The fourth-order valence-corrected chi connectivity index (χ4v) is 5.52. The predicted octanol–water partition coefficient (Wildman–Crippen LogP) is 3.10. The lowest BCUT2D eigenvalue weighted by atomic mass is 9.70. The molecule has 3 aliphatic rings. The molecule has 1 spiro atoms. The third-order valence-electron chi connectivity index (χ3n) is 7.31. The van der Waals surface area contributed by atoms with Crippen LogP contribution in [0.25, 0.3) is 0 Å². The third kappa shape index (κ3) is 3.40. The van der Waals surface area contributed by atoms with Crippen LogP contribution in [0.4, 0.5) is 4.39 Å². The van der Waals surface area contributed by atoms with Crippen molar-refractivity contribution in [2.75, 3.05) is 19.6 Å². The normalized spacial score (nSPS) is 26.9. The standard InChI is InChI=1S/C24H30FN5O2/c1-17(2)30-20(6-11-27-30)19-15-29(22(32)24(25)8-9-24)16-23(19)7-4-12-28(21(23)31)14-18-5-3-10-26-13-18/h3,5-6,10-11,13,17,19H,4,7-9,12,14-16H2,1-2H3/t19-,23+/m1/s1.